The number of rotatable bonds is 5. The van der Waals surface area contributed by atoms with Crippen molar-refractivity contribution in [2.45, 2.75) is 26.3 Å². The van der Waals surface area contributed by atoms with Crippen LogP contribution in [0.4, 0.5) is 0 Å². The van der Waals surface area contributed by atoms with Gasteiger partial charge >= 0.3 is 5.69 Å². The number of hydrogen-bond donors (Lipinski definition) is 2. The summed E-state index contributed by atoms with van der Waals surface area (Å²) in [5, 5.41) is 0. The van der Waals surface area contributed by atoms with Crippen molar-refractivity contribution in [3.05, 3.63) is 92.3 Å². The maximum Gasteiger partial charge on any atom is 0.325 e. The number of carbonyl (C=O) groups is 1. The van der Waals surface area contributed by atoms with Crippen molar-refractivity contribution in [3.8, 4) is 11.1 Å². The molecule has 0 amide bonds. The molecule has 0 unspecified atom stereocenters. The highest BCUT2D eigenvalue weighted by molar-refractivity contribution is 5.98. The third-order valence-electron chi connectivity index (χ3n) is 5.79. The fraction of sp³-hybridized carbons (Fsp3) is 0.292. The molecule has 1 saturated heterocycles. The number of aryl methyl sites for hydroxylation is 1. The van der Waals surface area contributed by atoms with Crippen LogP contribution in [0.1, 0.15) is 34.5 Å². The van der Waals surface area contributed by atoms with E-state index in [2.05, 4.69) is 27.0 Å². The molecule has 0 saturated carbocycles. The first-order valence-corrected chi connectivity index (χ1v) is 10.3. The first kappa shape index (κ1) is 20.0. The summed E-state index contributed by atoms with van der Waals surface area (Å²) in [6.45, 7) is 3.59. The van der Waals surface area contributed by atoms with Crippen molar-refractivity contribution >= 4 is 5.78 Å². The maximum atomic E-state index is 13.1. The number of likely N-dealkylation sites (tertiary alicyclic amines) is 1. The van der Waals surface area contributed by atoms with Crippen molar-refractivity contribution in [1.29, 1.82) is 0 Å². The largest absolute Gasteiger partial charge is 0.325 e. The number of nitrogens with one attached hydrogen (secondary N) is 2. The molecule has 2 aromatic carbocycles. The van der Waals surface area contributed by atoms with Gasteiger partial charge in [0.25, 0.3) is 5.56 Å². The lowest BCUT2D eigenvalue weighted by Gasteiger charge is -2.32. The number of nitrogens with zero attached hydrogens (tertiary/aromatic N) is 1. The number of aromatic nitrogens is 2. The molecule has 0 radical (unpaired) electrons. The second kappa shape index (κ2) is 8.63. The van der Waals surface area contributed by atoms with E-state index in [0.29, 0.717) is 24.3 Å². The van der Waals surface area contributed by atoms with Crippen molar-refractivity contribution in [2.24, 2.45) is 5.92 Å². The van der Waals surface area contributed by atoms with Gasteiger partial charge in [0.1, 0.15) is 0 Å². The summed E-state index contributed by atoms with van der Waals surface area (Å²) in [5.41, 5.74) is 3.21. The SMILES string of the molecule is Cc1[nH]c(=O)[nH]c(=O)c1CN1CCC[C@H](C(=O)c2ccc(-c3ccccc3)cc2)C1. The molecular weight excluding hydrogens is 378 g/mol. The Kier molecular flexibility index (Phi) is 5.77. The molecule has 4 rings (SSSR count). The number of piperidine rings is 1. The van der Waals surface area contributed by atoms with E-state index in [4.69, 9.17) is 0 Å². The van der Waals surface area contributed by atoms with E-state index in [1.54, 1.807) is 6.92 Å². The Labute approximate surface area is 174 Å². The lowest BCUT2D eigenvalue weighted by atomic mass is 9.89. The third-order valence-corrected chi connectivity index (χ3v) is 5.79. The minimum Gasteiger partial charge on any atom is -0.311 e. The zero-order chi connectivity index (χ0) is 21.1. The highest BCUT2D eigenvalue weighted by Gasteiger charge is 2.27. The van der Waals surface area contributed by atoms with E-state index >= 15 is 0 Å². The summed E-state index contributed by atoms with van der Waals surface area (Å²) in [4.78, 5) is 43.7. The molecule has 2 N–H and O–H groups in total. The van der Waals surface area contributed by atoms with E-state index < -0.39 is 5.69 Å². The average Bonchev–Trinajstić information content (AvgIpc) is 2.77. The average molecular weight is 403 g/mol. The molecule has 1 aliphatic rings. The number of ketones is 1. The number of Topliss-reactive ketones (excluding diaryl/α,β-unsaturated/α-hetero) is 1. The molecule has 3 aromatic rings. The first-order valence-electron chi connectivity index (χ1n) is 10.3. The summed E-state index contributed by atoms with van der Waals surface area (Å²) >= 11 is 0. The molecule has 0 aliphatic carbocycles. The summed E-state index contributed by atoms with van der Waals surface area (Å²) in [6, 6.07) is 17.9. The summed E-state index contributed by atoms with van der Waals surface area (Å²) in [6.07, 6.45) is 1.75. The molecule has 1 fully saturated rings. The van der Waals surface area contributed by atoms with Gasteiger partial charge < -0.3 is 4.98 Å². The zero-order valence-electron chi connectivity index (χ0n) is 17.0. The van der Waals surface area contributed by atoms with Crippen LogP contribution in [0.25, 0.3) is 11.1 Å². The molecule has 6 heteroatoms. The van der Waals surface area contributed by atoms with E-state index in [9.17, 15) is 14.4 Å². The van der Waals surface area contributed by atoms with Crippen LogP contribution in [0, 0.1) is 12.8 Å². The quantitative estimate of drug-likeness (QED) is 0.641. The molecule has 2 heterocycles. The second-order valence-electron chi connectivity index (χ2n) is 7.89. The lowest BCUT2D eigenvalue weighted by Crippen LogP contribution is -2.40. The van der Waals surface area contributed by atoms with Gasteiger partial charge in [0.15, 0.2) is 5.78 Å². The normalized spacial score (nSPS) is 17.0. The Bertz CT molecular complexity index is 1150. The topological polar surface area (TPSA) is 86.0 Å². The van der Waals surface area contributed by atoms with Crippen LogP contribution in [0.3, 0.4) is 0 Å². The van der Waals surface area contributed by atoms with E-state index in [-0.39, 0.29) is 17.3 Å². The predicted octanol–water partition coefficient (Wildman–Crippen LogP) is 3.13. The summed E-state index contributed by atoms with van der Waals surface area (Å²) in [7, 11) is 0. The van der Waals surface area contributed by atoms with Crippen molar-refractivity contribution in [1.82, 2.24) is 14.9 Å². The van der Waals surface area contributed by atoms with Gasteiger partial charge in [-0.15, -0.1) is 0 Å². The Morgan fingerprint density at radius 1 is 1.00 bits per heavy atom. The molecule has 6 nitrogen and oxygen atoms in total. The van der Waals surface area contributed by atoms with Crippen molar-refractivity contribution < 1.29 is 4.79 Å². The Hall–Kier alpha value is -3.25. The van der Waals surface area contributed by atoms with Gasteiger partial charge in [-0.05, 0) is 37.4 Å². The minimum atomic E-state index is -0.494. The fourth-order valence-electron chi connectivity index (χ4n) is 4.15. The molecule has 154 valence electrons. The van der Waals surface area contributed by atoms with E-state index in [0.717, 1.165) is 36.1 Å². The van der Waals surface area contributed by atoms with Gasteiger partial charge in [-0.3, -0.25) is 19.5 Å². The van der Waals surface area contributed by atoms with Crippen LogP contribution in [0.2, 0.25) is 0 Å². The predicted molar refractivity (Wildman–Crippen MR) is 117 cm³/mol. The van der Waals surface area contributed by atoms with Crippen LogP contribution in [-0.4, -0.2) is 33.7 Å². The zero-order valence-corrected chi connectivity index (χ0v) is 17.0. The highest BCUT2D eigenvalue weighted by atomic mass is 16.2. The van der Waals surface area contributed by atoms with E-state index in [1.807, 2.05) is 42.5 Å². The number of H-pyrrole nitrogens is 2. The molecule has 0 spiro atoms. The van der Waals surface area contributed by atoms with Crippen molar-refractivity contribution in [2.75, 3.05) is 13.1 Å². The van der Waals surface area contributed by atoms with Crippen LogP contribution >= 0.6 is 0 Å². The van der Waals surface area contributed by atoms with Crippen LogP contribution in [-0.2, 0) is 6.54 Å². The summed E-state index contributed by atoms with van der Waals surface area (Å²) < 4.78 is 0. The van der Waals surface area contributed by atoms with Gasteiger partial charge in [-0.2, -0.15) is 0 Å². The Morgan fingerprint density at radius 3 is 2.40 bits per heavy atom. The first-order chi connectivity index (χ1) is 14.5. The molecule has 1 atom stereocenters. The molecule has 1 aromatic heterocycles. The van der Waals surface area contributed by atoms with Gasteiger partial charge in [-0.25, -0.2) is 4.79 Å². The third kappa shape index (κ3) is 4.33. The molecular formula is C24H25N3O3. The van der Waals surface area contributed by atoms with Gasteiger partial charge in [0.05, 0.1) is 5.56 Å². The smallest absolute Gasteiger partial charge is 0.311 e. The fourth-order valence-corrected chi connectivity index (χ4v) is 4.15. The van der Waals surface area contributed by atoms with Crippen LogP contribution < -0.4 is 11.2 Å². The van der Waals surface area contributed by atoms with Gasteiger partial charge in [0, 0.05) is 30.3 Å². The van der Waals surface area contributed by atoms with Crippen LogP contribution in [0.5, 0.6) is 0 Å². The molecule has 1 aliphatic heterocycles. The van der Waals surface area contributed by atoms with Gasteiger partial charge in [0.2, 0.25) is 0 Å². The van der Waals surface area contributed by atoms with Crippen molar-refractivity contribution in [3.63, 3.8) is 0 Å². The highest BCUT2D eigenvalue weighted by Crippen LogP contribution is 2.24. The maximum absolute atomic E-state index is 13.1. The standard InChI is InChI=1S/C24H25N3O3/c1-16-21(23(29)26-24(30)25-16)15-27-13-5-8-20(14-27)22(28)19-11-9-18(10-12-19)17-6-3-2-4-7-17/h2-4,6-7,9-12,20H,5,8,13-15H2,1H3,(H2,25,26,29,30)/t20-/m0/s1. The second-order valence-corrected chi connectivity index (χ2v) is 7.89. The van der Waals surface area contributed by atoms with Crippen LogP contribution in [0.15, 0.2) is 64.2 Å². The monoisotopic (exact) mass is 403 g/mol. The summed E-state index contributed by atoms with van der Waals surface area (Å²) in [5.74, 6) is 0.0508. The number of carbonyl (C=O) groups excluding carboxylic acids is 1. The number of benzene rings is 2. The minimum absolute atomic E-state index is 0.0940. The number of hydrogen-bond acceptors (Lipinski definition) is 4. The van der Waals surface area contributed by atoms with E-state index in [1.165, 1.54) is 0 Å². The molecule has 0 bridgehead atoms. The molecule has 30 heavy (non-hydrogen) atoms. The Morgan fingerprint density at radius 2 is 1.70 bits per heavy atom. The Balaban J connectivity index is 1.46. The number of aromatic amines is 2. The lowest BCUT2D eigenvalue weighted by molar-refractivity contribution is 0.0811. The van der Waals surface area contributed by atoms with Gasteiger partial charge in [-0.1, -0.05) is 54.6 Å².